The number of amides is 2. The van der Waals surface area contributed by atoms with Crippen LogP contribution in [0.3, 0.4) is 0 Å². The van der Waals surface area contributed by atoms with E-state index in [1.165, 1.54) is 0 Å². The molecule has 7 nitrogen and oxygen atoms in total. The molecule has 26 heavy (non-hydrogen) atoms. The monoisotopic (exact) mass is 352 g/mol. The van der Waals surface area contributed by atoms with E-state index >= 15 is 0 Å². The van der Waals surface area contributed by atoms with Gasteiger partial charge in [0, 0.05) is 17.3 Å². The van der Waals surface area contributed by atoms with Crippen LogP contribution in [0.25, 0.3) is 22.8 Å². The van der Waals surface area contributed by atoms with Gasteiger partial charge in [-0.15, -0.1) is 0 Å². The summed E-state index contributed by atoms with van der Waals surface area (Å²) in [5.41, 5.74) is 2.20. The van der Waals surface area contributed by atoms with Crippen molar-refractivity contribution in [3.05, 3.63) is 48.5 Å². The lowest BCUT2D eigenvalue weighted by atomic mass is 10.2. The molecule has 2 aromatic carbocycles. The van der Waals surface area contributed by atoms with E-state index in [-0.39, 0.29) is 12.1 Å². The fourth-order valence-corrected chi connectivity index (χ4v) is 2.40. The number of nitrogens with zero attached hydrogens (tertiary/aromatic N) is 2. The largest absolute Gasteiger partial charge is 0.496 e. The number of aromatic nitrogens is 2. The van der Waals surface area contributed by atoms with Gasteiger partial charge >= 0.3 is 6.03 Å². The van der Waals surface area contributed by atoms with Crippen LogP contribution in [0.1, 0.15) is 13.8 Å². The van der Waals surface area contributed by atoms with Gasteiger partial charge in [0.15, 0.2) is 0 Å². The van der Waals surface area contributed by atoms with E-state index in [1.54, 1.807) is 19.2 Å². The lowest BCUT2D eigenvalue weighted by molar-refractivity contribution is 0.250. The number of methoxy groups -OCH3 is 1. The summed E-state index contributed by atoms with van der Waals surface area (Å²) in [5.74, 6) is 1.51. The molecule has 0 saturated carbocycles. The zero-order chi connectivity index (χ0) is 18.5. The second-order valence-electron chi connectivity index (χ2n) is 5.95. The van der Waals surface area contributed by atoms with Crippen molar-refractivity contribution >= 4 is 11.7 Å². The maximum absolute atomic E-state index is 11.7. The van der Waals surface area contributed by atoms with Gasteiger partial charge in [-0.05, 0) is 50.2 Å². The minimum atomic E-state index is -0.245. The molecule has 7 heteroatoms. The molecule has 3 aromatic rings. The van der Waals surface area contributed by atoms with Crippen molar-refractivity contribution in [2.24, 2.45) is 0 Å². The van der Waals surface area contributed by atoms with Crippen molar-refractivity contribution in [1.29, 1.82) is 0 Å². The molecule has 0 fully saturated rings. The Labute approximate surface area is 151 Å². The molecule has 0 saturated heterocycles. The Morgan fingerprint density at radius 1 is 1.12 bits per heavy atom. The molecule has 0 aliphatic heterocycles. The summed E-state index contributed by atoms with van der Waals surface area (Å²) < 4.78 is 10.7. The van der Waals surface area contributed by atoms with Crippen molar-refractivity contribution in [2.75, 3.05) is 12.4 Å². The molecule has 0 aliphatic carbocycles. The molecule has 0 radical (unpaired) electrons. The average Bonchev–Trinajstić information content (AvgIpc) is 3.11. The number of carbonyl (C=O) groups excluding carboxylic acids is 1. The Morgan fingerprint density at radius 3 is 2.54 bits per heavy atom. The zero-order valence-corrected chi connectivity index (χ0v) is 14.8. The van der Waals surface area contributed by atoms with Crippen molar-refractivity contribution in [3.8, 4) is 28.6 Å². The van der Waals surface area contributed by atoms with Gasteiger partial charge in [0.1, 0.15) is 5.75 Å². The molecule has 3 rings (SSSR count). The van der Waals surface area contributed by atoms with E-state index in [2.05, 4.69) is 20.8 Å². The summed E-state index contributed by atoms with van der Waals surface area (Å²) >= 11 is 0. The fourth-order valence-electron chi connectivity index (χ4n) is 2.40. The first-order valence-corrected chi connectivity index (χ1v) is 8.22. The average molecular weight is 352 g/mol. The van der Waals surface area contributed by atoms with Crippen molar-refractivity contribution in [2.45, 2.75) is 19.9 Å². The van der Waals surface area contributed by atoms with Gasteiger partial charge in [0.2, 0.25) is 5.82 Å². The summed E-state index contributed by atoms with van der Waals surface area (Å²) in [7, 11) is 1.59. The molecular weight excluding hydrogens is 332 g/mol. The lowest BCUT2D eigenvalue weighted by Crippen LogP contribution is -2.34. The number of hydrogen-bond acceptors (Lipinski definition) is 5. The highest BCUT2D eigenvalue weighted by atomic mass is 16.5. The van der Waals surface area contributed by atoms with Crippen LogP contribution in [0.4, 0.5) is 10.5 Å². The molecular formula is C19H20N4O3. The van der Waals surface area contributed by atoms with Crippen LogP contribution in [-0.2, 0) is 0 Å². The summed E-state index contributed by atoms with van der Waals surface area (Å²) in [5, 5.41) is 9.56. The second-order valence-corrected chi connectivity index (χ2v) is 5.95. The third-order valence-electron chi connectivity index (χ3n) is 3.58. The molecule has 1 heterocycles. The van der Waals surface area contributed by atoms with Crippen molar-refractivity contribution < 1.29 is 14.1 Å². The van der Waals surface area contributed by atoms with Gasteiger partial charge in [-0.3, -0.25) is 0 Å². The molecule has 0 aliphatic rings. The molecule has 0 atom stereocenters. The highest BCUT2D eigenvalue weighted by Gasteiger charge is 2.14. The van der Waals surface area contributed by atoms with Crippen LogP contribution in [0.15, 0.2) is 53.1 Å². The summed E-state index contributed by atoms with van der Waals surface area (Å²) in [6.45, 7) is 3.80. The molecule has 1 aromatic heterocycles. The zero-order valence-electron chi connectivity index (χ0n) is 14.8. The second kappa shape index (κ2) is 7.69. The lowest BCUT2D eigenvalue weighted by Gasteiger charge is -2.10. The number of rotatable bonds is 5. The number of urea groups is 1. The SMILES string of the molecule is COc1ccccc1-c1nc(-c2ccc(NC(=O)NC(C)C)cc2)no1. The van der Waals surface area contributed by atoms with Crippen molar-refractivity contribution in [3.63, 3.8) is 0 Å². The molecule has 0 unspecified atom stereocenters. The van der Waals surface area contributed by atoms with Gasteiger partial charge < -0.3 is 19.9 Å². The molecule has 0 bridgehead atoms. The Kier molecular flexibility index (Phi) is 5.17. The normalized spacial score (nSPS) is 10.6. The highest BCUT2D eigenvalue weighted by Crippen LogP contribution is 2.30. The van der Waals surface area contributed by atoms with Crippen molar-refractivity contribution in [1.82, 2.24) is 15.5 Å². The smallest absolute Gasteiger partial charge is 0.319 e. The quantitative estimate of drug-likeness (QED) is 0.726. The Bertz CT molecular complexity index is 888. The molecule has 2 amide bonds. The minimum absolute atomic E-state index is 0.0713. The van der Waals surface area contributed by atoms with Gasteiger partial charge in [-0.2, -0.15) is 4.98 Å². The highest BCUT2D eigenvalue weighted by molar-refractivity contribution is 5.89. The van der Waals surface area contributed by atoms with Gasteiger partial charge in [-0.1, -0.05) is 17.3 Å². The number of benzene rings is 2. The maximum Gasteiger partial charge on any atom is 0.319 e. The van der Waals surface area contributed by atoms with E-state index in [4.69, 9.17) is 9.26 Å². The molecule has 134 valence electrons. The predicted octanol–water partition coefficient (Wildman–Crippen LogP) is 3.94. The van der Waals surface area contributed by atoms with E-state index in [9.17, 15) is 4.79 Å². The standard InChI is InChI=1S/C19H20N4O3/c1-12(2)20-19(24)21-14-10-8-13(9-11-14)17-22-18(26-23-17)15-6-4-5-7-16(15)25-3/h4-12H,1-3H3,(H2,20,21,24). The summed E-state index contributed by atoms with van der Waals surface area (Å²) in [4.78, 5) is 16.2. The van der Waals surface area contributed by atoms with Crippen LogP contribution in [0, 0.1) is 0 Å². The van der Waals surface area contributed by atoms with E-state index < -0.39 is 0 Å². The number of ether oxygens (including phenoxy) is 1. The van der Waals surface area contributed by atoms with Gasteiger partial charge in [-0.25, -0.2) is 4.79 Å². The number of para-hydroxylation sites is 1. The van der Waals surface area contributed by atoms with Crippen LogP contribution < -0.4 is 15.4 Å². The van der Waals surface area contributed by atoms with Gasteiger partial charge in [0.25, 0.3) is 5.89 Å². The molecule has 0 spiro atoms. The Hall–Kier alpha value is -3.35. The topological polar surface area (TPSA) is 89.3 Å². The maximum atomic E-state index is 11.7. The Morgan fingerprint density at radius 2 is 1.85 bits per heavy atom. The van der Waals surface area contributed by atoms with Crippen LogP contribution in [-0.4, -0.2) is 29.3 Å². The first-order chi connectivity index (χ1) is 12.6. The first kappa shape index (κ1) is 17.5. The predicted molar refractivity (Wildman–Crippen MR) is 99.0 cm³/mol. The number of anilines is 1. The van der Waals surface area contributed by atoms with Crippen LogP contribution in [0.5, 0.6) is 5.75 Å². The summed E-state index contributed by atoms with van der Waals surface area (Å²) in [6.07, 6.45) is 0. The number of hydrogen-bond donors (Lipinski definition) is 2. The van der Waals surface area contributed by atoms with E-state index in [1.807, 2.05) is 50.2 Å². The van der Waals surface area contributed by atoms with Crippen LogP contribution >= 0.6 is 0 Å². The number of nitrogens with one attached hydrogen (secondary N) is 2. The van der Waals surface area contributed by atoms with Gasteiger partial charge in [0.05, 0.1) is 12.7 Å². The van der Waals surface area contributed by atoms with Crippen LogP contribution in [0.2, 0.25) is 0 Å². The Balaban J connectivity index is 1.76. The third kappa shape index (κ3) is 4.00. The summed E-state index contributed by atoms with van der Waals surface area (Å²) in [6, 6.07) is 14.5. The number of carbonyl (C=O) groups is 1. The van der Waals surface area contributed by atoms with E-state index in [0.29, 0.717) is 23.2 Å². The first-order valence-electron chi connectivity index (χ1n) is 8.22. The van der Waals surface area contributed by atoms with E-state index in [0.717, 1.165) is 11.1 Å². The molecule has 2 N–H and O–H groups in total. The fraction of sp³-hybridized carbons (Fsp3) is 0.211. The third-order valence-corrected chi connectivity index (χ3v) is 3.58. The minimum Gasteiger partial charge on any atom is -0.496 e.